The van der Waals surface area contributed by atoms with Gasteiger partial charge in [-0.15, -0.1) is 0 Å². The first-order valence-corrected chi connectivity index (χ1v) is 15.8. The number of methoxy groups -OCH3 is 1. The number of hydrogen-bond acceptors (Lipinski definition) is 5. The van der Waals surface area contributed by atoms with Gasteiger partial charge in [-0.05, 0) is 48.6 Å². The molecule has 0 radical (unpaired) electrons. The van der Waals surface area contributed by atoms with Crippen LogP contribution in [0.25, 0.3) is 0 Å². The van der Waals surface area contributed by atoms with Gasteiger partial charge >= 0.3 is 0 Å². The molecule has 3 aromatic carbocycles. The molecular weight excluding hydrogens is 538 g/mol. The summed E-state index contributed by atoms with van der Waals surface area (Å²) in [5.74, 6) is -0.225. The largest absolute Gasteiger partial charge is 0.497 e. The van der Waals surface area contributed by atoms with Crippen LogP contribution in [0.5, 0.6) is 5.75 Å². The first-order chi connectivity index (χ1) is 19.7. The number of ether oxygens (including phenoxy) is 1. The second-order valence-electron chi connectivity index (χ2n) is 10.6. The highest BCUT2D eigenvalue weighted by Gasteiger charge is 2.34. The molecule has 1 aliphatic rings. The molecule has 3 aromatic rings. The van der Waals surface area contributed by atoms with E-state index in [4.69, 9.17) is 4.74 Å². The van der Waals surface area contributed by atoms with E-state index < -0.39 is 28.5 Å². The van der Waals surface area contributed by atoms with Gasteiger partial charge in [0.2, 0.25) is 21.8 Å². The van der Waals surface area contributed by atoms with Crippen molar-refractivity contribution < 1.29 is 22.7 Å². The molecule has 0 bridgehead atoms. The summed E-state index contributed by atoms with van der Waals surface area (Å²) in [6, 6.07) is 23.1. The fourth-order valence-corrected chi connectivity index (χ4v) is 6.11. The van der Waals surface area contributed by atoms with E-state index >= 15 is 0 Å². The van der Waals surface area contributed by atoms with E-state index in [1.54, 1.807) is 24.3 Å². The lowest BCUT2D eigenvalue weighted by molar-refractivity contribution is -0.140. The number of nitrogens with zero attached hydrogens (tertiary/aromatic N) is 2. The van der Waals surface area contributed by atoms with Gasteiger partial charge in [0, 0.05) is 25.1 Å². The minimum absolute atomic E-state index is 0.0699. The Hall–Kier alpha value is -3.85. The topological polar surface area (TPSA) is 96.0 Å². The second-order valence-corrected chi connectivity index (χ2v) is 12.5. The minimum Gasteiger partial charge on any atom is -0.497 e. The number of aryl methyl sites for hydroxylation is 1. The zero-order valence-corrected chi connectivity index (χ0v) is 24.8. The van der Waals surface area contributed by atoms with Crippen LogP contribution in [0, 0.1) is 6.92 Å². The van der Waals surface area contributed by atoms with Gasteiger partial charge in [-0.3, -0.25) is 13.9 Å². The first kappa shape index (κ1) is 30.1. The zero-order chi connectivity index (χ0) is 29.4. The Labute approximate surface area is 243 Å². The Morgan fingerprint density at radius 2 is 1.66 bits per heavy atom. The van der Waals surface area contributed by atoms with E-state index in [1.807, 2.05) is 61.5 Å². The zero-order valence-electron chi connectivity index (χ0n) is 24.0. The smallest absolute Gasteiger partial charge is 0.244 e. The molecule has 1 fully saturated rings. The number of hydrogen-bond donors (Lipinski definition) is 1. The van der Waals surface area contributed by atoms with Crippen molar-refractivity contribution in [1.82, 2.24) is 10.2 Å². The van der Waals surface area contributed by atoms with Crippen LogP contribution in [0.2, 0.25) is 0 Å². The lowest BCUT2D eigenvalue weighted by atomic mass is 10.0. The molecule has 0 unspecified atom stereocenters. The summed E-state index contributed by atoms with van der Waals surface area (Å²) in [5.41, 5.74) is 3.09. The van der Waals surface area contributed by atoms with Crippen LogP contribution in [-0.4, -0.2) is 57.1 Å². The van der Waals surface area contributed by atoms with Crippen LogP contribution >= 0.6 is 0 Å². The third-order valence-electron chi connectivity index (χ3n) is 7.60. The highest BCUT2D eigenvalue weighted by atomic mass is 32.2. The van der Waals surface area contributed by atoms with Crippen molar-refractivity contribution in [3.8, 4) is 5.75 Å². The molecule has 2 amide bonds. The van der Waals surface area contributed by atoms with Crippen molar-refractivity contribution >= 4 is 27.5 Å². The molecule has 0 spiro atoms. The van der Waals surface area contributed by atoms with E-state index in [-0.39, 0.29) is 18.5 Å². The number of anilines is 1. The Balaban J connectivity index is 1.73. The lowest BCUT2D eigenvalue weighted by Gasteiger charge is -2.34. The van der Waals surface area contributed by atoms with Crippen LogP contribution < -0.4 is 14.4 Å². The highest BCUT2D eigenvalue weighted by molar-refractivity contribution is 7.92. The first-order valence-electron chi connectivity index (χ1n) is 14.0. The third-order valence-corrected chi connectivity index (χ3v) is 8.74. The Kier molecular flexibility index (Phi) is 10.0. The summed E-state index contributed by atoms with van der Waals surface area (Å²) in [6.45, 7) is 1.67. The van der Waals surface area contributed by atoms with Gasteiger partial charge in [0.1, 0.15) is 18.3 Å². The summed E-state index contributed by atoms with van der Waals surface area (Å²) in [6.07, 6.45) is 5.31. The normalized spacial score (nSPS) is 14.3. The predicted molar refractivity (Wildman–Crippen MR) is 161 cm³/mol. The van der Waals surface area contributed by atoms with E-state index in [0.29, 0.717) is 17.9 Å². The molecule has 8 nitrogen and oxygen atoms in total. The fourth-order valence-electron chi connectivity index (χ4n) is 5.27. The molecule has 41 heavy (non-hydrogen) atoms. The van der Waals surface area contributed by atoms with Crippen LogP contribution in [0.3, 0.4) is 0 Å². The maximum absolute atomic E-state index is 14.2. The number of amides is 2. The fraction of sp³-hybridized carbons (Fsp3) is 0.375. The monoisotopic (exact) mass is 577 g/mol. The molecule has 9 heteroatoms. The lowest BCUT2D eigenvalue weighted by Crippen LogP contribution is -2.54. The van der Waals surface area contributed by atoms with Crippen molar-refractivity contribution in [3.05, 3.63) is 95.6 Å². The van der Waals surface area contributed by atoms with Crippen LogP contribution in [0.1, 0.15) is 42.4 Å². The van der Waals surface area contributed by atoms with Crippen molar-refractivity contribution in [2.75, 3.05) is 24.2 Å². The summed E-state index contributed by atoms with van der Waals surface area (Å²) in [7, 11) is -2.35. The van der Waals surface area contributed by atoms with Gasteiger partial charge in [0.25, 0.3) is 0 Å². The summed E-state index contributed by atoms with van der Waals surface area (Å²) >= 11 is 0. The standard InChI is InChI=1S/C32H39N3O5S/c1-24-12-7-8-15-26(24)22-34(31(36)23-35(41(3,38)39)28-18-11-19-29(21-28)40-2)30(20-25-13-5-4-6-14-25)32(37)33-27-16-9-10-17-27/h4-8,11-15,18-19,21,27,30H,9-10,16-17,20,22-23H2,1-3H3,(H,33,37)/t30-/m0/s1. The van der Waals surface area contributed by atoms with Crippen LogP contribution in [0.15, 0.2) is 78.9 Å². The van der Waals surface area contributed by atoms with Crippen molar-refractivity contribution in [2.24, 2.45) is 0 Å². The highest BCUT2D eigenvalue weighted by Crippen LogP contribution is 2.25. The van der Waals surface area contributed by atoms with Gasteiger partial charge in [0.15, 0.2) is 0 Å². The van der Waals surface area contributed by atoms with Gasteiger partial charge in [-0.2, -0.15) is 0 Å². The van der Waals surface area contributed by atoms with E-state index in [2.05, 4.69) is 5.32 Å². The molecule has 1 N–H and O–H groups in total. The molecule has 0 aliphatic heterocycles. The Morgan fingerprint density at radius 1 is 0.976 bits per heavy atom. The third kappa shape index (κ3) is 8.10. The molecule has 1 saturated carbocycles. The average molecular weight is 578 g/mol. The quantitative estimate of drug-likeness (QED) is 0.343. The second kappa shape index (κ2) is 13.7. The van der Waals surface area contributed by atoms with E-state index in [9.17, 15) is 18.0 Å². The molecule has 218 valence electrons. The molecule has 0 saturated heterocycles. The molecule has 4 rings (SSSR count). The molecule has 0 aromatic heterocycles. The minimum atomic E-state index is -3.85. The Morgan fingerprint density at radius 3 is 2.32 bits per heavy atom. The van der Waals surface area contributed by atoms with Gasteiger partial charge < -0.3 is 15.0 Å². The predicted octanol–water partition coefficient (Wildman–Crippen LogP) is 4.47. The number of nitrogens with one attached hydrogen (secondary N) is 1. The van der Waals surface area contributed by atoms with Crippen LogP contribution in [0.4, 0.5) is 5.69 Å². The number of rotatable bonds is 12. The van der Waals surface area contributed by atoms with Gasteiger partial charge in [-0.1, -0.05) is 73.5 Å². The molecule has 1 aliphatic carbocycles. The van der Waals surface area contributed by atoms with Crippen molar-refractivity contribution in [1.29, 1.82) is 0 Å². The SMILES string of the molecule is COc1cccc(N(CC(=O)N(Cc2ccccc2C)[C@@H](Cc2ccccc2)C(=O)NC2CCCC2)S(C)(=O)=O)c1. The van der Waals surface area contributed by atoms with Gasteiger partial charge in [0.05, 0.1) is 19.1 Å². The van der Waals surface area contributed by atoms with E-state index in [0.717, 1.165) is 52.9 Å². The molecular formula is C32H39N3O5S. The number of sulfonamides is 1. The number of carbonyl (C=O) groups excluding carboxylic acids is 2. The summed E-state index contributed by atoms with van der Waals surface area (Å²) in [5, 5.41) is 3.18. The van der Waals surface area contributed by atoms with Gasteiger partial charge in [-0.25, -0.2) is 8.42 Å². The van der Waals surface area contributed by atoms with E-state index in [1.165, 1.54) is 12.0 Å². The average Bonchev–Trinajstić information content (AvgIpc) is 3.47. The maximum atomic E-state index is 14.2. The Bertz CT molecular complexity index is 1440. The van der Waals surface area contributed by atoms with Crippen molar-refractivity contribution in [3.63, 3.8) is 0 Å². The number of benzene rings is 3. The number of carbonyl (C=O) groups is 2. The molecule has 1 atom stereocenters. The molecule has 0 heterocycles. The van der Waals surface area contributed by atoms with Crippen molar-refractivity contribution in [2.45, 2.75) is 57.7 Å². The van der Waals surface area contributed by atoms with Crippen LogP contribution in [-0.2, 0) is 32.6 Å². The summed E-state index contributed by atoms with van der Waals surface area (Å²) < 4.78 is 32.3. The summed E-state index contributed by atoms with van der Waals surface area (Å²) in [4.78, 5) is 29.7. The maximum Gasteiger partial charge on any atom is 0.244 e.